The summed E-state index contributed by atoms with van der Waals surface area (Å²) in [6, 6.07) is 0. The summed E-state index contributed by atoms with van der Waals surface area (Å²) in [5.41, 5.74) is -0.0927. The molecular formula is C20H33N3O2. The van der Waals surface area contributed by atoms with Crippen LogP contribution in [0.4, 0.5) is 0 Å². The summed E-state index contributed by atoms with van der Waals surface area (Å²) in [6.45, 7) is 7.34. The first kappa shape index (κ1) is 17.3. The highest BCUT2D eigenvalue weighted by atomic mass is 16.2. The second-order valence-corrected chi connectivity index (χ2v) is 9.02. The van der Waals surface area contributed by atoms with E-state index in [0.29, 0.717) is 13.0 Å². The Balaban J connectivity index is 1.24. The van der Waals surface area contributed by atoms with E-state index in [2.05, 4.69) is 17.1 Å². The van der Waals surface area contributed by atoms with Gasteiger partial charge in [0.05, 0.1) is 0 Å². The normalized spacial score (nSPS) is 37.3. The third-order valence-electron chi connectivity index (χ3n) is 7.32. The van der Waals surface area contributed by atoms with E-state index < -0.39 is 0 Å². The van der Waals surface area contributed by atoms with Crippen LogP contribution in [0.15, 0.2) is 0 Å². The minimum absolute atomic E-state index is 0.0927. The van der Waals surface area contributed by atoms with Crippen molar-refractivity contribution < 1.29 is 9.59 Å². The number of carbonyl (C=O) groups excluding carboxylic acids is 2. The molecule has 0 unspecified atom stereocenters. The lowest BCUT2D eigenvalue weighted by Gasteiger charge is -2.55. The van der Waals surface area contributed by atoms with Crippen molar-refractivity contribution in [2.75, 3.05) is 39.3 Å². The zero-order chi connectivity index (χ0) is 17.4. The third kappa shape index (κ3) is 3.44. The van der Waals surface area contributed by atoms with Gasteiger partial charge in [0.25, 0.3) is 0 Å². The highest BCUT2D eigenvalue weighted by molar-refractivity contribution is 5.84. The Kier molecular flexibility index (Phi) is 4.78. The van der Waals surface area contributed by atoms with Crippen molar-refractivity contribution in [1.82, 2.24) is 15.1 Å². The minimum atomic E-state index is -0.0927. The van der Waals surface area contributed by atoms with Gasteiger partial charge >= 0.3 is 0 Å². The van der Waals surface area contributed by atoms with Gasteiger partial charge in [0.15, 0.2) is 0 Å². The molecule has 25 heavy (non-hydrogen) atoms. The Hall–Kier alpha value is -1.10. The standard InChI is InChI=1S/C20H33N3O2/c1-2-22-5-7-23(8-6-22)18(24)3-4-21-19(25)20-12-15-9-16(13-20)11-17(10-15)14-20/h15-17H,2-14H2,1H3,(H,21,25). The number of piperazine rings is 1. The molecule has 0 aromatic rings. The van der Waals surface area contributed by atoms with E-state index >= 15 is 0 Å². The van der Waals surface area contributed by atoms with E-state index in [4.69, 9.17) is 0 Å². The molecule has 0 radical (unpaired) electrons. The maximum Gasteiger partial charge on any atom is 0.226 e. The average molecular weight is 348 g/mol. The van der Waals surface area contributed by atoms with Crippen molar-refractivity contribution in [1.29, 1.82) is 0 Å². The zero-order valence-corrected chi connectivity index (χ0v) is 15.6. The van der Waals surface area contributed by atoms with Gasteiger partial charge in [0, 0.05) is 44.6 Å². The SMILES string of the molecule is CCN1CCN(C(=O)CCNC(=O)C23CC4CC(CC(C4)C2)C3)CC1. The summed E-state index contributed by atoms with van der Waals surface area (Å²) in [7, 11) is 0. The summed E-state index contributed by atoms with van der Waals surface area (Å²) in [5.74, 6) is 2.80. The Bertz CT molecular complexity index is 490. The van der Waals surface area contributed by atoms with Gasteiger partial charge in [-0.15, -0.1) is 0 Å². The van der Waals surface area contributed by atoms with Crippen molar-refractivity contribution >= 4 is 11.8 Å². The highest BCUT2D eigenvalue weighted by Gasteiger charge is 2.54. The molecule has 5 heteroatoms. The Morgan fingerprint density at radius 2 is 1.52 bits per heavy atom. The fourth-order valence-electron chi connectivity index (χ4n) is 6.33. The van der Waals surface area contributed by atoms with Crippen LogP contribution in [0.5, 0.6) is 0 Å². The molecule has 5 aliphatic rings. The van der Waals surface area contributed by atoms with Gasteiger partial charge in [-0.1, -0.05) is 6.92 Å². The van der Waals surface area contributed by atoms with Gasteiger partial charge in [0.2, 0.25) is 11.8 Å². The predicted molar refractivity (Wildman–Crippen MR) is 96.9 cm³/mol. The van der Waals surface area contributed by atoms with Crippen LogP contribution in [0.1, 0.15) is 51.9 Å². The van der Waals surface area contributed by atoms with Crippen LogP contribution in [0, 0.1) is 23.2 Å². The number of carbonyl (C=O) groups is 2. The van der Waals surface area contributed by atoms with Gasteiger partial charge in [-0.05, 0) is 62.8 Å². The van der Waals surface area contributed by atoms with Crippen molar-refractivity contribution in [2.24, 2.45) is 23.2 Å². The van der Waals surface area contributed by atoms with E-state index in [0.717, 1.165) is 69.7 Å². The third-order valence-corrected chi connectivity index (χ3v) is 7.32. The molecule has 140 valence electrons. The van der Waals surface area contributed by atoms with E-state index in [1.807, 2.05) is 4.90 Å². The molecule has 0 spiro atoms. The van der Waals surface area contributed by atoms with Gasteiger partial charge < -0.3 is 15.1 Å². The molecule has 1 heterocycles. The zero-order valence-electron chi connectivity index (χ0n) is 15.6. The first-order chi connectivity index (χ1) is 12.1. The van der Waals surface area contributed by atoms with Crippen LogP contribution in [0.25, 0.3) is 0 Å². The summed E-state index contributed by atoms with van der Waals surface area (Å²) in [4.78, 5) is 29.6. The largest absolute Gasteiger partial charge is 0.355 e. The molecule has 1 N–H and O–H groups in total. The summed E-state index contributed by atoms with van der Waals surface area (Å²) in [6.07, 6.45) is 7.80. The first-order valence-corrected chi connectivity index (χ1v) is 10.4. The number of likely N-dealkylation sites (N-methyl/N-ethyl adjacent to an activating group) is 1. The van der Waals surface area contributed by atoms with Gasteiger partial charge in [-0.2, -0.15) is 0 Å². The Morgan fingerprint density at radius 1 is 0.960 bits per heavy atom. The number of hydrogen-bond donors (Lipinski definition) is 1. The fourth-order valence-corrected chi connectivity index (χ4v) is 6.33. The van der Waals surface area contributed by atoms with Crippen molar-refractivity contribution in [3.63, 3.8) is 0 Å². The number of amides is 2. The topological polar surface area (TPSA) is 52.6 Å². The monoisotopic (exact) mass is 347 g/mol. The van der Waals surface area contributed by atoms with Gasteiger partial charge in [-0.3, -0.25) is 9.59 Å². The second kappa shape index (κ2) is 6.90. The fraction of sp³-hybridized carbons (Fsp3) is 0.900. The maximum atomic E-state index is 12.9. The van der Waals surface area contributed by atoms with Gasteiger partial charge in [-0.25, -0.2) is 0 Å². The smallest absolute Gasteiger partial charge is 0.226 e. The summed E-state index contributed by atoms with van der Waals surface area (Å²) in [5, 5.41) is 3.13. The molecule has 5 rings (SSSR count). The van der Waals surface area contributed by atoms with Crippen LogP contribution < -0.4 is 5.32 Å². The number of nitrogens with zero attached hydrogens (tertiary/aromatic N) is 2. The Morgan fingerprint density at radius 3 is 2.04 bits per heavy atom. The van der Waals surface area contributed by atoms with Crippen LogP contribution in [0.2, 0.25) is 0 Å². The van der Waals surface area contributed by atoms with E-state index in [-0.39, 0.29) is 17.2 Å². The van der Waals surface area contributed by atoms with E-state index in [9.17, 15) is 9.59 Å². The molecule has 0 atom stereocenters. The van der Waals surface area contributed by atoms with E-state index in [1.165, 1.54) is 19.3 Å². The predicted octanol–water partition coefficient (Wildman–Crippen LogP) is 1.87. The summed E-state index contributed by atoms with van der Waals surface area (Å²) >= 11 is 0. The summed E-state index contributed by atoms with van der Waals surface area (Å²) < 4.78 is 0. The van der Waals surface area contributed by atoms with Crippen LogP contribution in [0.3, 0.4) is 0 Å². The molecule has 4 bridgehead atoms. The van der Waals surface area contributed by atoms with Crippen LogP contribution in [-0.2, 0) is 9.59 Å². The maximum absolute atomic E-state index is 12.9. The number of nitrogens with one attached hydrogen (secondary N) is 1. The number of hydrogen-bond acceptors (Lipinski definition) is 3. The molecule has 4 aliphatic carbocycles. The van der Waals surface area contributed by atoms with Crippen molar-refractivity contribution in [3.8, 4) is 0 Å². The lowest BCUT2D eigenvalue weighted by atomic mass is 9.49. The quantitative estimate of drug-likeness (QED) is 0.826. The molecule has 5 nitrogen and oxygen atoms in total. The van der Waals surface area contributed by atoms with Crippen LogP contribution in [-0.4, -0.2) is 60.9 Å². The molecule has 4 saturated carbocycles. The van der Waals surface area contributed by atoms with Gasteiger partial charge in [0.1, 0.15) is 0 Å². The molecule has 2 amide bonds. The lowest BCUT2D eigenvalue weighted by molar-refractivity contribution is -0.146. The highest BCUT2D eigenvalue weighted by Crippen LogP contribution is 2.60. The number of rotatable bonds is 5. The lowest BCUT2D eigenvalue weighted by Crippen LogP contribution is -2.54. The molecule has 0 aromatic heterocycles. The molecule has 1 saturated heterocycles. The first-order valence-electron chi connectivity index (χ1n) is 10.4. The Labute approximate surface area is 151 Å². The van der Waals surface area contributed by atoms with E-state index in [1.54, 1.807) is 0 Å². The van der Waals surface area contributed by atoms with Crippen molar-refractivity contribution in [2.45, 2.75) is 51.9 Å². The van der Waals surface area contributed by atoms with Crippen LogP contribution >= 0.6 is 0 Å². The molecule has 0 aromatic carbocycles. The second-order valence-electron chi connectivity index (χ2n) is 9.02. The van der Waals surface area contributed by atoms with Crippen molar-refractivity contribution in [3.05, 3.63) is 0 Å². The molecule has 5 fully saturated rings. The molecular weight excluding hydrogens is 314 g/mol. The minimum Gasteiger partial charge on any atom is -0.355 e. The molecule has 1 aliphatic heterocycles. The average Bonchev–Trinajstić information content (AvgIpc) is 2.60.